The van der Waals surface area contributed by atoms with E-state index in [0.29, 0.717) is 5.92 Å². The molecule has 1 aromatic carbocycles. The van der Waals surface area contributed by atoms with E-state index in [1.165, 1.54) is 25.0 Å². The zero-order valence-corrected chi connectivity index (χ0v) is 12.2. The summed E-state index contributed by atoms with van der Waals surface area (Å²) in [6.07, 6.45) is 2.41. The topological polar surface area (TPSA) is 12.5 Å². The van der Waals surface area contributed by atoms with Crippen molar-refractivity contribution in [1.82, 2.24) is 4.90 Å². The van der Waals surface area contributed by atoms with Crippen LogP contribution in [0.2, 0.25) is 0 Å². The molecular formula is C14H19BrFNO. The highest BCUT2D eigenvalue weighted by molar-refractivity contribution is 9.10. The fraction of sp³-hybridized carbons (Fsp3) is 0.571. The molecule has 1 aliphatic rings. The summed E-state index contributed by atoms with van der Waals surface area (Å²) in [7, 11) is 2.10. The first-order valence-corrected chi connectivity index (χ1v) is 7.14. The van der Waals surface area contributed by atoms with Gasteiger partial charge in [-0.05, 0) is 43.5 Å². The van der Waals surface area contributed by atoms with Crippen molar-refractivity contribution in [2.45, 2.75) is 19.4 Å². The van der Waals surface area contributed by atoms with Crippen molar-refractivity contribution in [1.29, 1.82) is 0 Å². The van der Waals surface area contributed by atoms with Gasteiger partial charge in [-0.15, -0.1) is 0 Å². The van der Waals surface area contributed by atoms with E-state index < -0.39 is 0 Å². The van der Waals surface area contributed by atoms with Crippen LogP contribution in [0, 0.1) is 11.7 Å². The number of hydrogen-bond acceptors (Lipinski definition) is 2. The largest absolute Gasteiger partial charge is 0.381 e. The zero-order chi connectivity index (χ0) is 13.0. The molecule has 100 valence electrons. The Bertz CT molecular complexity index is 393. The second kappa shape index (κ2) is 6.64. The van der Waals surface area contributed by atoms with Crippen LogP contribution >= 0.6 is 15.9 Å². The molecule has 0 radical (unpaired) electrons. The number of benzene rings is 1. The third-order valence-electron chi connectivity index (χ3n) is 3.28. The van der Waals surface area contributed by atoms with E-state index in [9.17, 15) is 4.39 Å². The van der Waals surface area contributed by atoms with Crippen LogP contribution in [0.1, 0.15) is 18.4 Å². The fourth-order valence-electron chi connectivity index (χ4n) is 2.40. The van der Waals surface area contributed by atoms with Crippen molar-refractivity contribution in [3.05, 3.63) is 34.1 Å². The lowest BCUT2D eigenvalue weighted by Crippen LogP contribution is -2.30. The molecule has 1 fully saturated rings. The van der Waals surface area contributed by atoms with E-state index in [-0.39, 0.29) is 5.82 Å². The first-order valence-electron chi connectivity index (χ1n) is 6.35. The van der Waals surface area contributed by atoms with E-state index in [1.807, 2.05) is 6.07 Å². The maximum Gasteiger partial charge on any atom is 0.124 e. The van der Waals surface area contributed by atoms with Crippen molar-refractivity contribution in [2.75, 3.05) is 26.8 Å². The Morgan fingerprint density at radius 2 is 2.33 bits per heavy atom. The zero-order valence-electron chi connectivity index (χ0n) is 10.7. The van der Waals surface area contributed by atoms with Gasteiger partial charge in [0.2, 0.25) is 0 Å². The maximum absolute atomic E-state index is 13.0. The van der Waals surface area contributed by atoms with Gasteiger partial charge >= 0.3 is 0 Å². The monoisotopic (exact) mass is 315 g/mol. The molecule has 0 bridgehead atoms. The van der Waals surface area contributed by atoms with Gasteiger partial charge in [-0.25, -0.2) is 4.39 Å². The van der Waals surface area contributed by atoms with Crippen LogP contribution in [0.5, 0.6) is 0 Å². The number of rotatable bonds is 4. The third-order valence-corrected chi connectivity index (χ3v) is 4.02. The predicted molar refractivity (Wildman–Crippen MR) is 74.0 cm³/mol. The Morgan fingerprint density at radius 3 is 3.00 bits per heavy atom. The molecule has 18 heavy (non-hydrogen) atoms. The maximum atomic E-state index is 13.0. The average molecular weight is 316 g/mol. The highest BCUT2D eigenvalue weighted by Crippen LogP contribution is 2.21. The van der Waals surface area contributed by atoms with E-state index in [1.54, 1.807) is 0 Å². The number of ether oxygens (including phenoxy) is 1. The molecule has 0 spiro atoms. The summed E-state index contributed by atoms with van der Waals surface area (Å²) >= 11 is 3.41. The summed E-state index contributed by atoms with van der Waals surface area (Å²) in [4.78, 5) is 2.28. The Balaban J connectivity index is 1.87. The van der Waals surface area contributed by atoms with Gasteiger partial charge in [0.25, 0.3) is 0 Å². The summed E-state index contributed by atoms with van der Waals surface area (Å²) < 4.78 is 19.3. The lowest BCUT2D eigenvalue weighted by atomic mass is 10.0. The predicted octanol–water partition coefficient (Wildman–Crippen LogP) is 3.45. The lowest BCUT2D eigenvalue weighted by molar-refractivity contribution is 0.0411. The van der Waals surface area contributed by atoms with Crippen LogP contribution in [0.25, 0.3) is 0 Å². The van der Waals surface area contributed by atoms with Crippen LogP contribution in [0.15, 0.2) is 22.7 Å². The molecule has 1 unspecified atom stereocenters. The molecule has 1 saturated heterocycles. The molecule has 2 rings (SSSR count). The second-order valence-electron chi connectivity index (χ2n) is 5.02. The van der Waals surface area contributed by atoms with E-state index in [0.717, 1.165) is 36.3 Å². The van der Waals surface area contributed by atoms with Gasteiger partial charge in [-0.2, -0.15) is 0 Å². The van der Waals surface area contributed by atoms with Gasteiger partial charge in [-0.3, -0.25) is 0 Å². The molecule has 0 aliphatic carbocycles. The fourth-order valence-corrected chi connectivity index (χ4v) is 2.87. The molecule has 1 heterocycles. The average Bonchev–Trinajstić information content (AvgIpc) is 2.34. The summed E-state index contributed by atoms with van der Waals surface area (Å²) in [5.41, 5.74) is 1.12. The highest BCUT2D eigenvalue weighted by Gasteiger charge is 2.16. The van der Waals surface area contributed by atoms with Crippen molar-refractivity contribution in [3.8, 4) is 0 Å². The van der Waals surface area contributed by atoms with Crippen molar-refractivity contribution >= 4 is 15.9 Å². The van der Waals surface area contributed by atoms with Crippen LogP contribution in [-0.2, 0) is 11.3 Å². The number of hydrogen-bond donors (Lipinski definition) is 0. The van der Waals surface area contributed by atoms with E-state index >= 15 is 0 Å². The van der Waals surface area contributed by atoms with Gasteiger partial charge < -0.3 is 9.64 Å². The van der Waals surface area contributed by atoms with Crippen molar-refractivity contribution in [2.24, 2.45) is 5.92 Å². The SMILES string of the molecule is CN(Cc1ccc(F)cc1Br)CC1CCCOC1. The summed E-state index contributed by atoms with van der Waals surface area (Å²) in [6.45, 7) is 3.64. The Kier molecular flexibility index (Phi) is 5.15. The third kappa shape index (κ3) is 4.04. The van der Waals surface area contributed by atoms with Gasteiger partial charge in [-0.1, -0.05) is 22.0 Å². The molecule has 0 saturated carbocycles. The van der Waals surface area contributed by atoms with Crippen LogP contribution in [0.3, 0.4) is 0 Å². The number of nitrogens with zero attached hydrogens (tertiary/aromatic N) is 1. The molecule has 4 heteroatoms. The minimum Gasteiger partial charge on any atom is -0.381 e. The summed E-state index contributed by atoms with van der Waals surface area (Å²) in [5.74, 6) is 0.428. The molecule has 2 nitrogen and oxygen atoms in total. The molecule has 0 amide bonds. The van der Waals surface area contributed by atoms with Gasteiger partial charge in [0.05, 0.1) is 6.61 Å². The lowest BCUT2D eigenvalue weighted by Gasteiger charge is -2.27. The molecule has 0 N–H and O–H groups in total. The molecule has 1 aliphatic heterocycles. The molecule has 1 aromatic rings. The van der Waals surface area contributed by atoms with Gasteiger partial charge in [0.1, 0.15) is 5.82 Å². The van der Waals surface area contributed by atoms with Crippen LogP contribution < -0.4 is 0 Å². The Hall–Kier alpha value is -0.450. The van der Waals surface area contributed by atoms with Crippen molar-refractivity contribution < 1.29 is 9.13 Å². The normalized spacial score (nSPS) is 20.3. The molecule has 0 aromatic heterocycles. The van der Waals surface area contributed by atoms with Gasteiger partial charge in [0.15, 0.2) is 0 Å². The van der Waals surface area contributed by atoms with E-state index in [2.05, 4.69) is 27.9 Å². The van der Waals surface area contributed by atoms with Crippen LogP contribution in [-0.4, -0.2) is 31.7 Å². The summed E-state index contributed by atoms with van der Waals surface area (Å²) in [5, 5.41) is 0. The standard InChI is InChI=1S/C14H19BrFNO/c1-17(8-11-3-2-6-18-10-11)9-12-4-5-13(16)7-14(12)15/h4-5,7,11H,2-3,6,8-10H2,1H3. The highest BCUT2D eigenvalue weighted by atomic mass is 79.9. The Labute approximate surface area is 116 Å². The first kappa shape index (κ1) is 14.0. The summed E-state index contributed by atoms with van der Waals surface area (Å²) in [6, 6.07) is 4.87. The van der Waals surface area contributed by atoms with Crippen molar-refractivity contribution in [3.63, 3.8) is 0 Å². The first-order chi connectivity index (χ1) is 8.65. The quantitative estimate of drug-likeness (QED) is 0.844. The minimum absolute atomic E-state index is 0.200. The van der Waals surface area contributed by atoms with E-state index in [4.69, 9.17) is 4.74 Å². The second-order valence-corrected chi connectivity index (χ2v) is 5.87. The van der Waals surface area contributed by atoms with Crippen LogP contribution in [0.4, 0.5) is 4.39 Å². The molecular weight excluding hydrogens is 297 g/mol. The Morgan fingerprint density at radius 1 is 1.50 bits per heavy atom. The smallest absolute Gasteiger partial charge is 0.124 e. The number of halogens is 2. The van der Waals surface area contributed by atoms with Gasteiger partial charge in [0, 0.05) is 24.2 Å². The minimum atomic E-state index is -0.200. The molecule has 1 atom stereocenters.